The van der Waals surface area contributed by atoms with Crippen molar-refractivity contribution >= 4 is 11.9 Å². The molecule has 6 rings (SSSR count). The third-order valence-electron chi connectivity index (χ3n) is 7.04. The Morgan fingerprint density at radius 3 is 2.35 bits per heavy atom. The monoisotopic (exact) mass is 498 g/mol. The zero-order valence-electron chi connectivity index (χ0n) is 19.8. The van der Waals surface area contributed by atoms with Crippen molar-refractivity contribution in [3.63, 3.8) is 0 Å². The summed E-state index contributed by atoms with van der Waals surface area (Å²) in [6.07, 6.45) is 6.54. The van der Waals surface area contributed by atoms with Crippen molar-refractivity contribution in [2.45, 2.75) is 6.54 Å². The number of halogens is 1. The third kappa shape index (κ3) is 4.32. The summed E-state index contributed by atoms with van der Waals surface area (Å²) in [7, 11) is 0. The molecule has 11 heteroatoms. The Kier molecular flexibility index (Phi) is 5.87. The van der Waals surface area contributed by atoms with E-state index in [0.717, 1.165) is 29.8 Å². The van der Waals surface area contributed by atoms with Crippen molar-refractivity contribution in [1.29, 1.82) is 0 Å². The van der Waals surface area contributed by atoms with E-state index >= 15 is 0 Å². The predicted molar refractivity (Wildman–Crippen MR) is 133 cm³/mol. The van der Waals surface area contributed by atoms with E-state index in [2.05, 4.69) is 30.2 Å². The lowest BCUT2D eigenvalue weighted by Crippen LogP contribution is -2.34. The highest BCUT2D eigenvalue weighted by Crippen LogP contribution is 2.34. The van der Waals surface area contributed by atoms with Gasteiger partial charge < -0.3 is 9.80 Å². The van der Waals surface area contributed by atoms with Crippen molar-refractivity contribution in [1.82, 2.24) is 29.9 Å². The van der Waals surface area contributed by atoms with Gasteiger partial charge in [0.25, 0.3) is 5.91 Å². The minimum absolute atomic E-state index is 0.0116. The average molecular weight is 499 g/mol. The van der Waals surface area contributed by atoms with Gasteiger partial charge in [0, 0.05) is 56.0 Å². The molecule has 2 aromatic heterocycles. The van der Waals surface area contributed by atoms with Gasteiger partial charge in [-0.3, -0.25) is 4.79 Å². The lowest BCUT2D eigenvalue weighted by Gasteiger charge is -2.22. The first-order valence-corrected chi connectivity index (χ1v) is 12.0. The highest BCUT2D eigenvalue weighted by molar-refractivity contribution is 5.98. The fourth-order valence-corrected chi connectivity index (χ4v) is 5.27. The molecule has 1 amide bonds. The van der Waals surface area contributed by atoms with Gasteiger partial charge >= 0.3 is 0 Å². The molecule has 2 unspecified atom stereocenters. The van der Waals surface area contributed by atoms with Crippen LogP contribution >= 0.6 is 0 Å². The molecule has 2 aliphatic rings. The summed E-state index contributed by atoms with van der Waals surface area (Å²) in [5, 5.41) is 11.1. The maximum absolute atomic E-state index is 14.8. The number of rotatable bonds is 6. The maximum atomic E-state index is 14.8. The first-order valence-electron chi connectivity index (χ1n) is 12.0. The summed E-state index contributed by atoms with van der Waals surface area (Å²) >= 11 is 0. The smallest absolute Gasteiger partial charge is 0.259 e. The molecular weight excluding hydrogens is 475 g/mol. The normalized spacial score (nSPS) is 18.7. The molecule has 186 valence electrons. The molecule has 10 nitrogen and oxygen atoms in total. The summed E-state index contributed by atoms with van der Waals surface area (Å²) in [5.41, 5.74) is 2.95. The van der Waals surface area contributed by atoms with Gasteiger partial charge in [-0.15, -0.1) is 0 Å². The van der Waals surface area contributed by atoms with Gasteiger partial charge in [0.15, 0.2) is 0 Å². The Labute approximate surface area is 211 Å². The number of benzene rings is 2. The van der Waals surface area contributed by atoms with Gasteiger partial charge in [0.05, 0.1) is 12.4 Å². The number of carbonyl (C=O) groups is 1. The molecule has 37 heavy (non-hydrogen) atoms. The van der Waals surface area contributed by atoms with Crippen molar-refractivity contribution < 1.29 is 9.18 Å². The second-order valence-corrected chi connectivity index (χ2v) is 9.35. The average Bonchev–Trinajstić information content (AvgIpc) is 3.66. The molecule has 4 aromatic rings. The maximum Gasteiger partial charge on any atom is 0.259 e. The molecule has 2 fully saturated rings. The molecule has 2 aromatic carbocycles. The van der Waals surface area contributed by atoms with Crippen LogP contribution in [0.1, 0.15) is 15.9 Å². The zero-order chi connectivity index (χ0) is 25.4. The Morgan fingerprint density at radius 2 is 1.65 bits per heavy atom. The number of nitroso groups, excluding NO2 is 1. The van der Waals surface area contributed by atoms with Crippen LogP contribution in [0.15, 0.2) is 72.4 Å². The molecule has 0 radical (unpaired) electrons. The van der Waals surface area contributed by atoms with E-state index in [9.17, 15) is 14.1 Å². The van der Waals surface area contributed by atoms with Crippen molar-refractivity contribution in [3.05, 3.63) is 89.1 Å². The van der Waals surface area contributed by atoms with E-state index in [1.54, 1.807) is 29.4 Å². The van der Waals surface area contributed by atoms with E-state index in [4.69, 9.17) is 0 Å². The summed E-state index contributed by atoms with van der Waals surface area (Å²) in [6.45, 7) is 2.64. The second kappa shape index (κ2) is 9.49. The molecular formula is C26H23FN8O2. The predicted octanol–water partition coefficient (Wildman–Crippen LogP) is 3.34. The van der Waals surface area contributed by atoms with Crippen LogP contribution < -0.4 is 4.90 Å². The van der Waals surface area contributed by atoms with Gasteiger partial charge in [-0.1, -0.05) is 29.4 Å². The number of aromatic nitrogens is 5. The van der Waals surface area contributed by atoms with Crippen LogP contribution in [0, 0.1) is 22.6 Å². The van der Waals surface area contributed by atoms with Crippen LogP contribution in [0.25, 0.3) is 16.8 Å². The zero-order valence-corrected chi connectivity index (χ0v) is 19.8. The van der Waals surface area contributed by atoms with Crippen LogP contribution in [0.2, 0.25) is 0 Å². The first kappa shape index (κ1) is 22.9. The second-order valence-electron chi connectivity index (χ2n) is 9.35. The number of anilines is 1. The molecule has 0 saturated carbocycles. The molecule has 4 heterocycles. The topological polar surface area (TPSA) is 109 Å². The molecule has 0 aliphatic carbocycles. The fourth-order valence-electron chi connectivity index (χ4n) is 5.27. The van der Waals surface area contributed by atoms with Gasteiger partial charge in [0.1, 0.15) is 23.6 Å². The van der Waals surface area contributed by atoms with Crippen molar-refractivity contribution in [2.75, 3.05) is 31.1 Å². The van der Waals surface area contributed by atoms with E-state index in [1.807, 2.05) is 24.3 Å². The van der Waals surface area contributed by atoms with Crippen LogP contribution in [0.5, 0.6) is 0 Å². The molecule has 2 atom stereocenters. The van der Waals surface area contributed by atoms with Gasteiger partial charge in [-0.2, -0.15) is 19.9 Å². The molecule has 2 saturated heterocycles. The molecule has 0 N–H and O–H groups in total. The number of hydrogen-bond donors (Lipinski definition) is 0. The van der Waals surface area contributed by atoms with Crippen LogP contribution in [-0.2, 0) is 6.54 Å². The summed E-state index contributed by atoms with van der Waals surface area (Å²) in [6, 6.07) is 12.1. The van der Waals surface area contributed by atoms with Gasteiger partial charge in [0.2, 0.25) is 5.95 Å². The Balaban J connectivity index is 1.14. The number of fused-ring (bicyclic) bond motifs is 1. The van der Waals surface area contributed by atoms with Crippen molar-refractivity contribution in [2.24, 2.45) is 17.0 Å². The summed E-state index contributed by atoms with van der Waals surface area (Å²) < 4.78 is 14.8. The number of hydrogen-bond acceptors (Lipinski definition) is 8. The highest BCUT2D eigenvalue weighted by atomic mass is 19.1. The summed E-state index contributed by atoms with van der Waals surface area (Å²) in [4.78, 5) is 38.2. The molecule has 0 spiro atoms. The standard InChI is InChI=1S/C26H23FN8O2/c27-22-5-2-6-23(35-30-7-8-31-35)24(22)25(36)33-13-20-15-34(16-21(20)14-33)26-28-11-19(12-29-26)18-4-1-3-17(9-18)10-32-37/h1-9,11-12,20-21H,10,13-16H2. The van der Waals surface area contributed by atoms with Crippen LogP contribution in [0.3, 0.4) is 0 Å². The van der Waals surface area contributed by atoms with Gasteiger partial charge in [-0.05, 0) is 29.3 Å². The number of nitrogens with zero attached hydrogens (tertiary/aromatic N) is 8. The minimum atomic E-state index is -0.583. The van der Waals surface area contributed by atoms with E-state index in [1.165, 1.54) is 23.3 Å². The SMILES string of the molecule is O=NCc1cccc(-c2cnc(N3CC4CN(C(=O)c5c(F)cccc5-n5nccn5)CC4C3)nc2)c1. The number of amides is 1. The van der Waals surface area contributed by atoms with Gasteiger partial charge in [-0.25, -0.2) is 14.4 Å². The Morgan fingerprint density at radius 1 is 0.946 bits per heavy atom. The number of likely N-dealkylation sites (tertiary alicyclic amines) is 1. The summed E-state index contributed by atoms with van der Waals surface area (Å²) in [5.74, 6) is 0.206. The van der Waals surface area contributed by atoms with Crippen LogP contribution in [0.4, 0.5) is 10.3 Å². The minimum Gasteiger partial charge on any atom is -0.340 e. The van der Waals surface area contributed by atoms with E-state index < -0.39 is 5.82 Å². The molecule has 0 bridgehead atoms. The highest BCUT2D eigenvalue weighted by Gasteiger charge is 2.43. The Bertz CT molecular complexity index is 1430. The quantitative estimate of drug-likeness (QED) is 0.375. The largest absolute Gasteiger partial charge is 0.340 e. The fraction of sp³-hybridized carbons (Fsp3) is 0.269. The van der Waals surface area contributed by atoms with Crippen molar-refractivity contribution in [3.8, 4) is 16.8 Å². The van der Waals surface area contributed by atoms with E-state index in [0.29, 0.717) is 24.7 Å². The molecule has 2 aliphatic heterocycles. The third-order valence-corrected chi connectivity index (χ3v) is 7.04. The first-order chi connectivity index (χ1) is 18.1. The Hall–Kier alpha value is -4.54. The van der Waals surface area contributed by atoms with E-state index in [-0.39, 0.29) is 29.9 Å². The number of carbonyl (C=O) groups excluding carboxylic acids is 1. The lowest BCUT2D eigenvalue weighted by atomic mass is 10.0. The lowest BCUT2D eigenvalue weighted by molar-refractivity contribution is 0.0777. The van der Waals surface area contributed by atoms with Crippen LogP contribution in [-0.4, -0.2) is 61.9 Å².